The lowest BCUT2D eigenvalue weighted by Gasteiger charge is -2.08. The Hall–Kier alpha value is -1.71. The topological polar surface area (TPSA) is 38.7 Å². The van der Waals surface area contributed by atoms with Crippen molar-refractivity contribution in [1.29, 1.82) is 0 Å². The fourth-order valence-corrected chi connectivity index (χ4v) is 1.47. The molecule has 21 heavy (non-hydrogen) atoms. The van der Waals surface area contributed by atoms with E-state index >= 15 is 0 Å². The Morgan fingerprint density at radius 3 is 2.38 bits per heavy atom. The molecule has 0 heterocycles. The molecule has 0 fully saturated rings. The van der Waals surface area contributed by atoms with Crippen LogP contribution >= 0.6 is 0 Å². The zero-order valence-corrected chi connectivity index (χ0v) is 11.4. The summed E-state index contributed by atoms with van der Waals surface area (Å²) in [6.07, 6.45) is -4.99. The Labute approximate surface area is 121 Å². The van der Waals surface area contributed by atoms with Gasteiger partial charge < -0.3 is 14.6 Å². The standard InChI is InChI=1S/C15H17F3O3/c16-15(17,18)8-2-10-20-11-12-21-14-6-4-13(5-7-14)3-1-9-19/h4-7,19H,2,8-12H2. The van der Waals surface area contributed by atoms with E-state index in [1.165, 1.54) is 0 Å². The summed E-state index contributed by atoms with van der Waals surface area (Å²) in [6, 6.07) is 6.96. The van der Waals surface area contributed by atoms with Gasteiger partial charge in [-0.1, -0.05) is 11.8 Å². The molecule has 0 amide bonds. The smallest absolute Gasteiger partial charge is 0.389 e. The molecular formula is C15H17F3O3. The first kappa shape index (κ1) is 17.3. The monoisotopic (exact) mass is 302 g/mol. The van der Waals surface area contributed by atoms with Crippen molar-refractivity contribution in [2.24, 2.45) is 0 Å². The van der Waals surface area contributed by atoms with Crippen molar-refractivity contribution in [2.75, 3.05) is 26.4 Å². The van der Waals surface area contributed by atoms with Crippen molar-refractivity contribution in [3.05, 3.63) is 29.8 Å². The van der Waals surface area contributed by atoms with Gasteiger partial charge in [0.25, 0.3) is 0 Å². The van der Waals surface area contributed by atoms with E-state index < -0.39 is 12.6 Å². The van der Waals surface area contributed by atoms with Gasteiger partial charge in [0.15, 0.2) is 0 Å². The minimum absolute atomic E-state index is 0.0400. The lowest BCUT2D eigenvalue weighted by molar-refractivity contribution is -0.138. The molecule has 1 rings (SSSR count). The highest BCUT2D eigenvalue weighted by molar-refractivity contribution is 5.38. The molecule has 0 saturated carbocycles. The second-order valence-electron chi connectivity index (χ2n) is 4.16. The summed E-state index contributed by atoms with van der Waals surface area (Å²) >= 11 is 0. The summed E-state index contributed by atoms with van der Waals surface area (Å²) in [5.74, 6) is 5.91. The number of aliphatic hydroxyl groups is 1. The third kappa shape index (κ3) is 8.95. The van der Waals surface area contributed by atoms with Gasteiger partial charge >= 0.3 is 6.18 Å². The van der Waals surface area contributed by atoms with Gasteiger partial charge in [-0.3, -0.25) is 0 Å². The predicted octanol–water partition coefficient (Wildman–Crippen LogP) is 2.77. The van der Waals surface area contributed by atoms with Crippen LogP contribution in [-0.2, 0) is 4.74 Å². The number of benzene rings is 1. The van der Waals surface area contributed by atoms with E-state index in [-0.39, 0.29) is 32.8 Å². The van der Waals surface area contributed by atoms with Crippen LogP contribution in [0.2, 0.25) is 0 Å². The summed E-state index contributed by atoms with van der Waals surface area (Å²) in [7, 11) is 0. The van der Waals surface area contributed by atoms with E-state index in [9.17, 15) is 13.2 Å². The summed E-state index contributed by atoms with van der Waals surface area (Å²) in [5.41, 5.74) is 0.764. The lowest BCUT2D eigenvalue weighted by Crippen LogP contribution is -2.11. The Morgan fingerprint density at radius 2 is 1.76 bits per heavy atom. The fraction of sp³-hybridized carbons (Fsp3) is 0.467. The largest absolute Gasteiger partial charge is 0.491 e. The minimum atomic E-state index is -4.12. The van der Waals surface area contributed by atoms with Gasteiger partial charge in [-0.2, -0.15) is 13.2 Å². The number of rotatable bonds is 7. The maximum atomic E-state index is 11.9. The molecule has 0 aliphatic rings. The number of alkyl halides is 3. The Morgan fingerprint density at radius 1 is 1.05 bits per heavy atom. The van der Waals surface area contributed by atoms with Gasteiger partial charge in [-0.05, 0) is 30.7 Å². The van der Waals surface area contributed by atoms with Crippen molar-refractivity contribution in [2.45, 2.75) is 19.0 Å². The molecule has 3 nitrogen and oxygen atoms in total. The molecule has 1 aromatic rings. The van der Waals surface area contributed by atoms with Crippen LogP contribution in [0.5, 0.6) is 5.75 Å². The van der Waals surface area contributed by atoms with E-state index in [4.69, 9.17) is 14.6 Å². The van der Waals surface area contributed by atoms with E-state index in [2.05, 4.69) is 11.8 Å². The van der Waals surface area contributed by atoms with Crippen LogP contribution < -0.4 is 4.74 Å². The highest BCUT2D eigenvalue weighted by Gasteiger charge is 2.25. The Bertz CT molecular complexity index is 458. The SMILES string of the molecule is OCC#Cc1ccc(OCCOCCCC(F)(F)F)cc1. The second kappa shape index (κ2) is 9.27. The summed E-state index contributed by atoms with van der Waals surface area (Å²) in [6.45, 7) is 0.389. The average molecular weight is 302 g/mol. The molecule has 0 spiro atoms. The third-order valence-electron chi connectivity index (χ3n) is 2.41. The minimum Gasteiger partial charge on any atom is -0.491 e. The molecule has 0 atom stereocenters. The van der Waals surface area contributed by atoms with Gasteiger partial charge in [-0.15, -0.1) is 0 Å². The van der Waals surface area contributed by atoms with Crippen LogP contribution in [0.4, 0.5) is 13.2 Å². The first-order valence-electron chi connectivity index (χ1n) is 6.48. The summed E-state index contributed by atoms with van der Waals surface area (Å²) in [4.78, 5) is 0. The van der Waals surface area contributed by atoms with E-state index in [1.54, 1.807) is 24.3 Å². The first-order valence-corrected chi connectivity index (χ1v) is 6.48. The predicted molar refractivity (Wildman–Crippen MR) is 72.0 cm³/mol. The van der Waals surface area contributed by atoms with Crippen molar-refractivity contribution < 1.29 is 27.8 Å². The van der Waals surface area contributed by atoms with Gasteiger partial charge in [0.2, 0.25) is 0 Å². The molecule has 0 radical (unpaired) electrons. The van der Waals surface area contributed by atoms with E-state index in [0.29, 0.717) is 5.75 Å². The second-order valence-corrected chi connectivity index (χ2v) is 4.16. The quantitative estimate of drug-likeness (QED) is 0.622. The molecule has 0 unspecified atom stereocenters. The summed E-state index contributed by atoms with van der Waals surface area (Å²) in [5, 5.41) is 8.56. The highest BCUT2D eigenvalue weighted by Crippen LogP contribution is 2.21. The molecule has 116 valence electrons. The molecule has 0 aliphatic carbocycles. The molecule has 1 N–H and O–H groups in total. The van der Waals surface area contributed by atoms with Gasteiger partial charge in [0, 0.05) is 18.6 Å². The molecular weight excluding hydrogens is 285 g/mol. The molecule has 1 aromatic carbocycles. The van der Waals surface area contributed by atoms with Crippen molar-refractivity contribution >= 4 is 0 Å². The van der Waals surface area contributed by atoms with Crippen LogP contribution in [-0.4, -0.2) is 37.7 Å². The number of hydrogen-bond acceptors (Lipinski definition) is 3. The van der Waals surface area contributed by atoms with E-state index in [1.807, 2.05) is 0 Å². The van der Waals surface area contributed by atoms with Gasteiger partial charge in [0.05, 0.1) is 6.61 Å². The van der Waals surface area contributed by atoms with Crippen molar-refractivity contribution in [1.82, 2.24) is 0 Å². The summed E-state index contributed by atoms with van der Waals surface area (Å²) < 4.78 is 46.0. The first-order chi connectivity index (χ1) is 10.0. The molecule has 0 bridgehead atoms. The molecule has 0 saturated heterocycles. The van der Waals surface area contributed by atoms with E-state index in [0.717, 1.165) is 5.56 Å². The fourth-order valence-electron chi connectivity index (χ4n) is 1.47. The number of halogens is 3. The maximum Gasteiger partial charge on any atom is 0.389 e. The van der Waals surface area contributed by atoms with Gasteiger partial charge in [-0.25, -0.2) is 0 Å². The third-order valence-corrected chi connectivity index (χ3v) is 2.41. The van der Waals surface area contributed by atoms with Crippen LogP contribution in [0.1, 0.15) is 18.4 Å². The molecule has 0 aliphatic heterocycles. The van der Waals surface area contributed by atoms with Crippen molar-refractivity contribution in [3.63, 3.8) is 0 Å². The lowest BCUT2D eigenvalue weighted by atomic mass is 10.2. The van der Waals surface area contributed by atoms with Gasteiger partial charge in [0.1, 0.15) is 19.0 Å². The van der Waals surface area contributed by atoms with Crippen LogP contribution in [0.15, 0.2) is 24.3 Å². The Balaban J connectivity index is 2.13. The zero-order valence-electron chi connectivity index (χ0n) is 11.4. The average Bonchev–Trinajstić information content (AvgIpc) is 2.44. The molecule has 0 aromatic heterocycles. The normalized spacial score (nSPS) is 10.9. The van der Waals surface area contributed by atoms with Crippen LogP contribution in [0.3, 0.4) is 0 Å². The van der Waals surface area contributed by atoms with Crippen LogP contribution in [0, 0.1) is 11.8 Å². The zero-order chi connectivity index (χ0) is 15.6. The molecule has 6 heteroatoms. The number of aliphatic hydroxyl groups excluding tert-OH is 1. The number of ether oxygens (including phenoxy) is 2. The number of hydrogen-bond donors (Lipinski definition) is 1. The maximum absolute atomic E-state index is 11.9. The highest BCUT2D eigenvalue weighted by atomic mass is 19.4. The van der Waals surface area contributed by atoms with Crippen LogP contribution in [0.25, 0.3) is 0 Å². The Kier molecular flexibility index (Phi) is 7.65. The van der Waals surface area contributed by atoms with Crippen molar-refractivity contribution in [3.8, 4) is 17.6 Å².